The molecule has 0 heterocycles. The average molecular weight is 399 g/mol. The van der Waals surface area contributed by atoms with Crippen LogP contribution in [0.4, 0.5) is 34.6 Å². The third-order valence-corrected chi connectivity index (χ3v) is 3.52. The van der Waals surface area contributed by atoms with Crippen LogP contribution >= 0.6 is 0 Å². The van der Waals surface area contributed by atoms with Crippen LogP contribution in [0.3, 0.4) is 0 Å². The van der Waals surface area contributed by atoms with Crippen LogP contribution in [-0.2, 0) is 15.8 Å². The second-order valence-electron chi connectivity index (χ2n) is 5.69. The normalized spacial score (nSPS) is 10.9. The molecule has 2 aromatic carbocycles. The Morgan fingerprint density at radius 1 is 1.04 bits per heavy atom. The molecule has 0 fully saturated rings. The van der Waals surface area contributed by atoms with Crippen molar-refractivity contribution in [3.8, 4) is 5.75 Å². The van der Waals surface area contributed by atoms with E-state index in [1.165, 1.54) is 26.2 Å². The van der Waals surface area contributed by atoms with Crippen LogP contribution in [0.25, 0.3) is 0 Å². The molecule has 2 rings (SSSR count). The van der Waals surface area contributed by atoms with E-state index in [1.54, 1.807) is 6.07 Å². The van der Waals surface area contributed by atoms with Gasteiger partial charge in [-0.25, -0.2) is 4.39 Å². The highest BCUT2D eigenvalue weighted by atomic mass is 19.4. The monoisotopic (exact) mass is 399 g/mol. The lowest BCUT2D eigenvalue weighted by Gasteiger charge is -2.14. The van der Waals surface area contributed by atoms with Crippen LogP contribution in [0.2, 0.25) is 0 Å². The molecule has 0 saturated carbocycles. The Bertz CT molecular complexity index is 885. The summed E-state index contributed by atoms with van der Waals surface area (Å²) in [4.78, 5) is 23.3. The Morgan fingerprint density at radius 2 is 1.71 bits per heavy atom. The van der Waals surface area contributed by atoms with Gasteiger partial charge >= 0.3 is 6.18 Å². The van der Waals surface area contributed by atoms with Crippen LogP contribution in [0.15, 0.2) is 36.4 Å². The van der Waals surface area contributed by atoms with Gasteiger partial charge in [-0.15, -0.1) is 0 Å². The van der Waals surface area contributed by atoms with E-state index in [4.69, 9.17) is 4.74 Å². The molecule has 0 spiro atoms. The summed E-state index contributed by atoms with van der Waals surface area (Å²) in [5, 5.41) is 7.58. The minimum absolute atomic E-state index is 0.0668. The molecular weight excluding hydrogens is 382 g/mol. The number of hydrogen-bond acceptors (Lipinski definition) is 4. The van der Waals surface area contributed by atoms with Crippen molar-refractivity contribution in [2.45, 2.75) is 13.1 Å². The van der Waals surface area contributed by atoms with Crippen LogP contribution in [0, 0.1) is 5.82 Å². The molecule has 0 aliphatic carbocycles. The number of carbonyl (C=O) groups is 2. The molecule has 28 heavy (non-hydrogen) atoms. The molecule has 0 unspecified atom stereocenters. The summed E-state index contributed by atoms with van der Waals surface area (Å²) in [5.74, 6) is -1.97. The van der Waals surface area contributed by atoms with Crippen molar-refractivity contribution in [3.63, 3.8) is 0 Å². The first kappa shape index (κ1) is 21.0. The standard InChI is InChI=1S/C18H17F4N3O3/c1-10(26)24-12-4-6-16(28-2)15(8-12)25-17(27)9-23-11-3-5-14(19)13(7-11)18(20,21)22/h3-8,23H,9H2,1-2H3,(H,24,26)(H,25,27). The Labute approximate surface area is 157 Å². The predicted molar refractivity (Wildman–Crippen MR) is 95.8 cm³/mol. The molecule has 0 atom stereocenters. The number of carbonyl (C=O) groups excluding carboxylic acids is 2. The third-order valence-electron chi connectivity index (χ3n) is 3.52. The van der Waals surface area contributed by atoms with Gasteiger partial charge in [0.2, 0.25) is 11.8 Å². The zero-order valence-corrected chi connectivity index (χ0v) is 14.9. The van der Waals surface area contributed by atoms with Crippen molar-refractivity contribution < 1.29 is 31.9 Å². The first-order valence-corrected chi connectivity index (χ1v) is 7.96. The van der Waals surface area contributed by atoms with Gasteiger partial charge in [0.25, 0.3) is 0 Å². The minimum Gasteiger partial charge on any atom is -0.495 e. The van der Waals surface area contributed by atoms with Gasteiger partial charge in [0.15, 0.2) is 0 Å². The SMILES string of the molecule is COc1ccc(NC(C)=O)cc1NC(=O)CNc1ccc(F)c(C(F)(F)F)c1. The number of alkyl halides is 3. The molecule has 0 aliphatic heterocycles. The van der Waals surface area contributed by atoms with Crippen molar-refractivity contribution in [1.82, 2.24) is 0 Å². The molecule has 0 radical (unpaired) electrons. The number of nitrogens with one attached hydrogen (secondary N) is 3. The van der Waals surface area contributed by atoms with Gasteiger partial charge in [0.05, 0.1) is 24.9 Å². The Kier molecular flexibility index (Phi) is 6.45. The zero-order valence-electron chi connectivity index (χ0n) is 14.9. The number of methoxy groups -OCH3 is 1. The molecule has 2 aromatic rings. The topological polar surface area (TPSA) is 79.5 Å². The van der Waals surface area contributed by atoms with Gasteiger partial charge < -0.3 is 20.7 Å². The molecule has 10 heteroatoms. The number of amides is 2. The van der Waals surface area contributed by atoms with E-state index in [9.17, 15) is 27.2 Å². The quantitative estimate of drug-likeness (QED) is 0.645. The lowest BCUT2D eigenvalue weighted by atomic mass is 10.2. The van der Waals surface area contributed by atoms with E-state index in [1.807, 2.05) is 0 Å². The van der Waals surface area contributed by atoms with Gasteiger partial charge in [-0.1, -0.05) is 0 Å². The van der Waals surface area contributed by atoms with Crippen molar-refractivity contribution in [1.29, 1.82) is 0 Å². The van der Waals surface area contributed by atoms with Gasteiger partial charge in [-0.2, -0.15) is 13.2 Å². The highest BCUT2D eigenvalue weighted by Gasteiger charge is 2.34. The number of rotatable bonds is 6. The van der Waals surface area contributed by atoms with E-state index in [0.29, 0.717) is 23.6 Å². The van der Waals surface area contributed by atoms with Gasteiger partial charge in [-0.3, -0.25) is 9.59 Å². The highest BCUT2D eigenvalue weighted by Crippen LogP contribution is 2.33. The lowest BCUT2D eigenvalue weighted by molar-refractivity contribution is -0.140. The van der Waals surface area contributed by atoms with Crippen molar-refractivity contribution in [2.75, 3.05) is 29.6 Å². The highest BCUT2D eigenvalue weighted by molar-refractivity contribution is 5.96. The van der Waals surface area contributed by atoms with E-state index >= 15 is 0 Å². The fourth-order valence-corrected chi connectivity index (χ4v) is 2.32. The predicted octanol–water partition coefficient (Wildman–Crippen LogP) is 3.86. The third kappa shape index (κ3) is 5.60. The number of benzene rings is 2. The lowest BCUT2D eigenvalue weighted by Crippen LogP contribution is -2.22. The van der Waals surface area contributed by atoms with Crippen molar-refractivity contribution in [3.05, 3.63) is 47.8 Å². The number of halogens is 4. The fourth-order valence-electron chi connectivity index (χ4n) is 2.32. The molecule has 0 saturated heterocycles. The maximum atomic E-state index is 13.3. The van der Waals surface area contributed by atoms with E-state index in [-0.39, 0.29) is 23.8 Å². The van der Waals surface area contributed by atoms with Crippen LogP contribution in [-0.4, -0.2) is 25.5 Å². The summed E-state index contributed by atoms with van der Waals surface area (Å²) in [6.45, 7) is 0.945. The zero-order chi connectivity index (χ0) is 20.9. The maximum Gasteiger partial charge on any atom is 0.419 e. The minimum atomic E-state index is -4.85. The summed E-state index contributed by atoms with van der Waals surface area (Å²) in [6.07, 6.45) is -4.85. The van der Waals surface area contributed by atoms with Gasteiger partial charge in [0.1, 0.15) is 11.6 Å². The molecule has 0 aliphatic rings. The second kappa shape index (κ2) is 8.59. The summed E-state index contributed by atoms with van der Waals surface area (Å²) < 4.78 is 56.6. The Hall–Kier alpha value is -3.30. The first-order valence-electron chi connectivity index (χ1n) is 7.96. The summed E-state index contributed by atoms with van der Waals surface area (Å²) in [6, 6.07) is 6.92. The smallest absolute Gasteiger partial charge is 0.419 e. The van der Waals surface area contributed by atoms with Crippen molar-refractivity contribution >= 4 is 28.9 Å². The van der Waals surface area contributed by atoms with Crippen LogP contribution < -0.4 is 20.7 Å². The maximum absolute atomic E-state index is 13.3. The fraction of sp³-hybridized carbons (Fsp3) is 0.222. The molecule has 0 aromatic heterocycles. The average Bonchev–Trinajstić information content (AvgIpc) is 2.60. The molecule has 6 nitrogen and oxygen atoms in total. The Morgan fingerprint density at radius 3 is 2.32 bits per heavy atom. The molecule has 3 N–H and O–H groups in total. The second-order valence-corrected chi connectivity index (χ2v) is 5.69. The molecule has 150 valence electrons. The van der Waals surface area contributed by atoms with Crippen LogP contribution in [0.5, 0.6) is 5.75 Å². The Balaban J connectivity index is 2.08. The summed E-state index contributed by atoms with van der Waals surface area (Å²) in [5.41, 5.74) is -0.814. The molecular formula is C18H17F4N3O3. The molecule has 0 bridgehead atoms. The van der Waals surface area contributed by atoms with Gasteiger partial charge in [0, 0.05) is 18.3 Å². The summed E-state index contributed by atoms with van der Waals surface area (Å²) in [7, 11) is 1.39. The van der Waals surface area contributed by atoms with E-state index in [0.717, 1.165) is 6.07 Å². The largest absolute Gasteiger partial charge is 0.495 e. The van der Waals surface area contributed by atoms with E-state index in [2.05, 4.69) is 16.0 Å². The molecule has 2 amide bonds. The number of ether oxygens (including phenoxy) is 1. The van der Waals surface area contributed by atoms with Crippen molar-refractivity contribution in [2.24, 2.45) is 0 Å². The summed E-state index contributed by atoms with van der Waals surface area (Å²) >= 11 is 0. The number of anilines is 3. The number of hydrogen-bond donors (Lipinski definition) is 3. The van der Waals surface area contributed by atoms with E-state index < -0.39 is 23.5 Å². The first-order chi connectivity index (χ1) is 13.1. The van der Waals surface area contributed by atoms with Gasteiger partial charge in [-0.05, 0) is 36.4 Å². The van der Waals surface area contributed by atoms with Crippen LogP contribution in [0.1, 0.15) is 12.5 Å².